The van der Waals surface area contributed by atoms with Gasteiger partial charge in [-0.05, 0) is 81.9 Å². The molecule has 0 bridgehead atoms. The normalized spacial score (nSPS) is 21.5. The summed E-state index contributed by atoms with van der Waals surface area (Å²) in [6.07, 6.45) is 12.8. The van der Waals surface area contributed by atoms with E-state index >= 15 is 0 Å². The Morgan fingerprint density at radius 1 is 0.883 bits per heavy atom. The van der Waals surface area contributed by atoms with Crippen molar-refractivity contribution >= 4 is 35.1 Å². The zero-order valence-electron chi connectivity index (χ0n) is 35.5. The van der Waals surface area contributed by atoms with Gasteiger partial charge in [-0.25, -0.2) is 4.79 Å². The number of aliphatic carboxylic acids is 1. The number of allylic oxidation sites excluding steroid dienone is 6. The topological polar surface area (TPSA) is 114 Å². The van der Waals surface area contributed by atoms with Gasteiger partial charge in [-0.1, -0.05) is 74.9 Å². The van der Waals surface area contributed by atoms with E-state index in [0.717, 1.165) is 58.0 Å². The second-order valence-corrected chi connectivity index (χ2v) is 16.8. The van der Waals surface area contributed by atoms with Crippen LogP contribution < -0.4 is 20.6 Å². The Hall–Kier alpha value is -5.31. The molecule has 12 heteroatoms. The number of carboxylic acid groups (broad SMARTS) is 1. The van der Waals surface area contributed by atoms with Crippen LogP contribution in [0.2, 0.25) is 0 Å². The third kappa shape index (κ3) is 11.3. The summed E-state index contributed by atoms with van der Waals surface area (Å²) in [5.41, 5.74) is 7.76. The summed E-state index contributed by atoms with van der Waals surface area (Å²) in [5.74, 6) is 5.24. The Kier molecular flexibility index (Phi) is 15.5. The van der Waals surface area contributed by atoms with Crippen molar-refractivity contribution in [2.24, 2.45) is 17.8 Å². The molecule has 60 heavy (non-hydrogen) atoms. The number of anilines is 1. The molecule has 3 atom stereocenters. The first kappa shape index (κ1) is 45.8. The van der Waals surface area contributed by atoms with Crippen LogP contribution in [0.3, 0.4) is 0 Å². The fourth-order valence-electron chi connectivity index (χ4n) is 8.91. The molecule has 1 saturated carbocycles. The van der Waals surface area contributed by atoms with Crippen molar-refractivity contribution in [3.8, 4) is 11.8 Å². The van der Waals surface area contributed by atoms with Crippen LogP contribution in [-0.4, -0.2) is 67.2 Å². The lowest BCUT2D eigenvalue weighted by atomic mass is 9.81. The van der Waals surface area contributed by atoms with Gasteiger partial charge in [-0.15, -0.1) is 11.8 Å². The standard InChI is InChI=1S/C46H58N4O3.C2HF3O2/c1-6-49-39-25-18-16-23-37(39)45(2,3)41(49)27-13-9-14-28-42-46(4,5)38-24-17-19-26-40(38)50(42)32-20-10-15-29-43(51)47-30-31-48-44(52)53-33-36-34-21-11-7-8-12-22-35(34)36;3-2(4,5)1(6)7/h9,13-14,16-19,23-28,34-36H,6,10-12,15,20-22,29-33H2,1-5H3,(H-,47,48,51,52);(H,6,7)/t34-,35+,36-;. The zero-order valence-corrected chi connectivity index (χ0v) is 35.5. The van der Waals surface area contributed by atoms with E-state index < -0.39 is 18.2 Å². The molecule has 0 radical (unpaired) electrons. The van der Waals surface area contributed by atoms with Crippen molar-refractivity contribution in [2.45, 2.75) is 103 Å². The number of benzene rings is 2. The van der Waals surface area contributed by atoms with E-state index in [-0.39, 0.29) is 16.7 Å². The highest BCUT2D eigenvalue weighted by atomic mass is 19.4. The highest BCUT2D eigenvalue weighted by Crippen LogP contribution is 2.52. The van der Waals surface area contributed by atoms with Gasteiger partial charge in [0.25, 0.3) is 0 Å². The largest absolute Gasteiger partial charge is 0.542 e. The molecule has 2 aliphatic carbocycles. The summed E-state index contributed by atoms with van der Waals surface area (Å²) in [5, 5.41) is 14.5. The Bertz CT molecular complexity index is 2040. The smallest absolute Gasteiger partial charge is 0.430 e. The minimum Gasteiger partial charge on any atom is -0.542 e. The second-order valence-electron chi connectivity index (χ2n) is 16.8. The van der Waals surface area contributed by atoms with E-state index in [2.05, 4.69) is 145 Å². The lowest BCUT2D eigenvalue weighted by Gasteiger charge is -2.27. The predicted molar refractivity (Wildman–Crippen MR) is 227 cm³/mol. The number of nitrogens with zero attached hydrogens (tertiary/aromatic N) is 2. The molecule has 2 N–H and O–H groups in total. The third-order valence-corrected chi connectivity index (χ3v) is 12.1. The molecule has 4 aliphatic rings. The quantitative estimate of drug-likeness (QED) is 0.0815. The molecular weight excluding hydrogens is 770 g/mol. The Labute approximate surface area is 352 Å². The minimum absolute atomic E-state index is 0.0214. The molecule has 2 heterocycles. The summed E-state index contributed by atoms with van der Waals surface area (Å²) in [7, 11) is 0. The van der Waals surface area contributed by atoms with Crippen molar-refractivity contribution in [1.82, 2.24) is 10.6 Å². The fourth-order valence-corrected chi connectivity index (χ4v) is 8.91. The van der Waals surface area contributed by atoms with Crippen molar-refractivity contribution in [3.63, 3.8) is 0 Å². The number of rotatable bonds is 15. The van der Waals surface area contributed by atoms with Crippen LogP contribution in [0, 0.1) is 29.6 Å². The highest BCUT2D eigenvalue weighted by Gasteiger charge is 2.49. The van der Waals surface area contributed by atoms with Crippen LogP contribution in [0.4, 0.5) is 29.3 Å². The van der Waals surface area contributed by atoms with Crippen LogP contribution in [-0.2, 0) is 25.2 Å². The Morgan fingerprint density at radius 2 is 1.52 bits per heavy atom. The number of amides is 2. The third-order valence-electron chi connectivity index (χ3n) is 12.1. The van der Waals surface area contributed by atoms with E-state index in [4.69, 9.17) is 14.6 Å². The average molecular weight is 829 g/mol. The van der Waals surface area contributed by atoms with E-state index in [0.29, 0.717) is 43.9 Å². The molecule has 0 saturated heterocycles. The van der Waals surface area contributed by atoms with Gasteiger partial charge in [0, 0.05) is 73.4 Å². The number of halogens is 3. The lowest BCUT2D eigenvalue weighted by Crippen LogP contribution is -2.37. The van der Waals surface area contributed by atoms with E-state index in [1.165, 1.54) is 33.9 Å². The monoisotopic (exact) mass is 828 g/mol. The molecule has 0 unspecified atom stereocenters. The molecule has 9 nitrogen and oxygen atoms in total. The van der Waals surface area contributed by atoms with Gasteiger partial charge in [0.1, 0.15) is 12.5 Å². The van der Waals surface area contributed by atoms with Gasteiger partial charge in [-0.2, -0.15) is 17.7 Å². The summed E-state index contributed by atoms with van der Waals surface area (Å²) >= 11 is 0. The van der Waals surface area contributed by atoms with Gasteiger partial charge < -0.3 is 30.2 Å². The minimum atomic E-state index is -5.19. The SMILES string of the molecule is CC[N+]1=C(/C=C/C=C/C=C2/N(CCCCCC(=O)NCCNC(=O)OC[C@@H]3[C@@H]4CCC#CCC[C@@H]43)c3ccccc3C2(C)C)C(C)(C)c2ccccc21.O=C([O-])C(F)(F)F. The Morgan fingerprint density at radius 3 is 2.18 bits per heavy atom. The van der Waals surface area contributed by atoms with Crippen LogP contribution in [0.1, 0.15) is 97.1 Å². The summed E-state index contributed by atoms with van der Waals surface area (Å²) in [6, 6.07) is 17.5. The first-order valence-corrected chi connectivity index (χ1v) is 21.2. The summed E-state index contributed by atoms with van der Waals surface area (Å²) in [4.78, 5) is 35.9. The van der Waals surface area contributed by atoms with E-state index in [9.17, 15) is 22.8 Å². The van der Waals surface area contributed by atoms with Gasteiger partial charge in [-0.3, -0.25) is 4.79 Å². The number of fused-ring (bicyclic) bond motifs is 3. The number of carbonyl (C=O) groups is 3. The first-order valence-electron chi connectivity index (χ1n) is 21.2. The summed E-state index contributed by atoms with van der Waals surface area (Å²) < 4.78 is 39.5. The van der Waals surface area contributed by atoms with Gasteiger partial charge in [0.15, 0.2) is 5.71 Å². The van der Waals surface area contributed by atoms with Crippen LogP contribution in [0.25, 0.3) is 0 Å². The number of nitrogens with one attached hydrogen (secondary N) is 2. The lowest BCUT2D eigenvalue weighted by molar-refractivity contribution is -0.433. The number of unbranched alkanes of at least 4 members (excludes halogenated alkanes) is 2. The molecule has 2 aromatic rings. The summed E-state index contributed by atoms with van der Waals surface area (Å²) in [6.45, 7) is 14.5. The average Bonchev–Trinajstić information content (AvgIpc) is 3.72. The molecule has 2 amide bonds. The molecule has 6 rings (SSSR count). The zero-order chi connectivity index (χ0) is 43.5. The van der Waals surface area contributed by atoms with E-state index in [1.807, 2.05) is 0 Å². The van der Waals surface area contributed by atoms with Crippen molar-refractivity contribution in [1.29, 1.82) is 0 Å². The molecule has 1 fully saturated rings. The van der Waals surface area contributed by atoms with Crippen LogP contribution in [0.5, 0.6) is 0 Å². The predicted octanol–water partition coefficient (Wildman–Crippen LogP) is 8.02. The number of alkyl halides is 3. The number of alkyl carbamates (subject to hydrolysis) is 1. The molecule has 2 aromatic carbocycles. The first-order chi connectivity index (χ1) is 28.6. The number of carboxylic acids is 1. The van der Waals surface area contributed by atoms with Crippen LogP contribution >= 0.6 is 0 Å². The van der Waals surface area contributed by atoms with Crippen molar-refractivity contribution in [2.75, 3.05) is 37.7 Å². The highest BCUT2D eigenvalue weighted by molar-refractivity contribution is 6.03. The number of carbonyl (C=O) groups excluding carboxylic acids is 3. The molecule has 322 valence electrons. The number of para-hydroxylation sites is 2. The van der Waals surface area contributed by atoms with Crippen molar-refractivity contribution < 1.29 is 42.0 Å². The molecular formula is C48H59F3N4O5. The van der Waals surface area contributed by atoms with Crippen molar-refractivity contribution in [3.05, 3.63) is 95.7 Å². The maximum absolute atomic E-state index is 12.5. The number of ether oxygens (including phenoxy) is 1. The number of hydrogen-bond donors (Lipinski definition) is 2. The maximum Gasteiger partial charge on any atom is 0.430 e. The Balaban J connectivity index is 0.000000896. The van der Waals surface area contributed by atoms with Gasteiger partial charge in [0.05, 0.1) is 12.0 Å². The van der Waals surface area contributed by atoms with E-state index in [1.54, 1.807) is 0 Å². The molecule has 0 aromatic heterocycles. The van der Waals surface area contributed by atoms with Crippen LogP contribution in [0.15, 0.2) is 84.6 Å². The van der Waals surface area contributed by atoms with Gasteiger partial charge >= 0.3 is 12.3 Å². The maximum atomic E-state index is 12.5. The van der Waals surface area contributed by atoms with Gasteiger partial charge in [0.2, 0.25) is 11.6 Å². The number of hydrogen-bond acceptors (Lipinski definition) is 6. The molecule has 2 aliphatic heterocycles. The fraction of sp³-hybridized carbons (Fsp3) is 0.500. The molecule has 0 spiro atoms. The second kappa shape index (κ2) is 20.3.